The molecule has 1 aliphatic heterocycles. The summed E-state index contributed by atoms with van der Waals surface area (Å²) in [6, 6.07) is 12.5. The molecule has 1 aromatic carbocycles. The predicted octanol–water partition coefficient (Wildman–Crippen LogP) is 3.56. The fourth-order valence-corrected chi connectivity index (χ4v) is 3.78. The van der Waals surface area contributed by atoms with Crippen molar-refractivity contribution in [2.45, 2.75) is 18.7 Å². The van der Waals surface area contributed by atoms with Crippen molar-refractivity contribution in [1.29, 1.82) is 5.26 Å². The van der Waals surface area contributed by atoms with Gasteiger partial charge in [0.2, 0.25) is 5.91 Å². The Bertz CT molecular complexity index is 901. The zero-order chi connectivity index (χ0) is 18.7. The summed E-state index contributed by atoms with van der Waals surface area (Å²) >= 11 is 4.56. The third-order valence-corrected chi connectivity index (χ3v) is 5.39. The molecule has 2 amide bonds. The van der Waals surface area contributed by atoms with Gasteiger partial charge in [0.05, 0.1) is 18.1 Å². The van der Waals surface area contributed by atoms with Crippen LogP contribution in [0.5, 0.6) is 0 Å². The molecule has 0 aliphatic carbocycles. The van der Waals surface area contributed by atoms with E-state index in [4.69, 9.17) is 4.42 Å². The summed E-state index contributed by atoms with van der Waals surface area (Å²) in [5.74, 6) is -0.136. The Morgan fingerprint density at radius 1 is 1.38 bits per heavy atom. The lowest BCUT2D eigenvalue weighted by Crippen LogP contribution is -2.30. The van der Waals surface area contributed by atoms with Crippen molar-refractivity contribution in [2.24, 2.45) is 0 Å². The summed E-state index contributed by atoms with van der Waals surface area (Å²) in [7, 11) is 0. The van der Waals surface area contributed by atoms with Gasteiger partial charge < -0.3 is 9.73 Å². The van der Waals surface area contributed by atoms with Gasteiger partial charge in [-0.2, -0.15) is 5.26 Å². The number of anilines is 1. The van der Waals surface area contributed by atoms with E-state index in [2.05, 4.69) is 21.2 Å². The van der Waals surface area contributed by atoms with E-state index in [9.17, 15) is 14.9 Å². The normalized spacial score (nSPS) is 18.6. The van der Waals surface area contributed by atoms with Gasteiger partial charge in [-0.25, -0.2) is 0 Å². The number of halogens is 1. The zero-order valence-corrected chi connectivity index (χ0v) is 16.1. The van der Waals surface area contributed by atoms with Gasteiger partial charge in [0.25, 0.3) is 5.91 Å². The van der Waals surface area contributed by atoms with Crippen molar-refractivity contribution in [1.82, 2.24) is 5.32 Å². The number of thioether (sulfide) groups is 1. The van der Waals surface area contributed by atoms with Gasteiger partial charge >= 0.3 is 0 Å². The Kier molecular flexibility index (Phi) is 5.49. The quantitative estimate of drug-likeness (QED) is 0.590. The molecule has 0 saturated carbocycles. The summed E-state index contributed by atoms with van der Waals surface area (Å²) in [6.45, 7) is 1.92. The minimum absolute atomic E-state index is 0.0952. The second-order valence-electron chi connectivity index (χ2n) is 5.46. The molecule has 1 fully saturated rings. The third-order valence-electron chi connectivity index (χ3n) is 3.70. The SMILES string of the molecule is CC1S/C(=C(/C#N)C(=O)NCc2ccco2)N(c2ccc(Br)cc2)C1=O. The second kappa shape index (κ2) is 7.81. The number of amides is 2. The Balaban J connectivity index is 1.92. The van der Waals surface area contributed by atoms with Gasteiger partial charge in [0, 0.05) is 10.2 Å². The topological polar surface area (TPSA) is 86.3 Å². The Hall–Kier alpha value is -2.50. The van der Waals surface area contributed by atoms with Gasteiger partial charge in [-0.3, -0.25) is 14.5 Å². The highest BCUT2D eigenvalue weighted by atomic mass is 79.9. The molecule has 0 bridgehead atoms. The Morgan fingerprint density at radius 3 is 2.73 bits per heavy atom. The lowest BCUT2D eigenvalue weighted by Gasteiger charge is -2.18. The number of rotatable bonds is 4. The van der Waals surface area contributed by atoms with E-state index in [-0.39, 0.29) is 23.3 Å². The molecular weight excluding hydrogens is 418 g/mol. The number of benzene rings is 1. The molecule has 132 valence electrons. The van der Waals surface area contributed by atoms with E-state index in [0.29, 0.717) is 16.5 Å². The standard InChI is InChI=1S/C18H14BrN3O3S/c1-11-17(24)22(13-6-4-12(19)5-7-13)18(26-11)15(9-20)16(23)21-10-14-3-2-8-25-14/h2-8,11H,10H2,1H3,(H,21,23)/b18-15-. The second-order valence-corrected chi connectivity index (χ2v) is 7.71. The van der Waals surface area contributed by atoms with Crippen LogP contribution in [0.15, 0.2) is 62.2 Å². The van der Waals surface area contributed by atoms with Crippen LogP contribution in [0.2, 0.25) is 0 Å². The Morgan fingerprint density at radius 2 is 2.12 bits per heavy atom. The third kappa shape index (κ3) is 3.69. The number of carbonyl (C=O) groups excluding carboxylic acids is 2. The van der Waals surface area contributed by atoms with Crippen molar-refractivity contribution in [3.63, 3.8) is 0 Å². The van der Waals surface area contributed by atoms with Crippen LogP contribution >= 0.6 is 27.7 Å². The number of carbonyl (C=O) groups is 2. The van der Waals surface area contributed by atoms with E-state index in [0.717, 1.165) is 4.47 Å². The molecule has 0 radical (unpaired) electrons. The first-order valence-electron chi connectivity index (χ1n) is 7.72. The number of nitrogens with one attached hydrogen (secondary N) is 1. The fourth-order valence-electron chi connectivity index (χ4n) is 2.42. The predicted molar refractivity (Wildman–Crippen MR) is 102 cm³/mol. The lowest BCUT2D eigenvalue weighted by molar-refractivity contribution is -0.117. The molecule has 0 spiro atoms. The summed E-state index contributed by atoms with van der Waals surface area (Å²) in [5.41, 5.74) is 0.513. The highest BCUT2D eigenvalue weighted by Crippen LogP contribution is 2.40. The number of hydrogen-bond acceptors (Lipinski definition) is 5. The molecule has 2 aromatic rings. The highest BCUT2D eigenvalue weighted by Gasteiger charge is 2.38. The first-order valence-corrected chi connectivity index (χ1v) is 9.39. The van der Waals surface area contributed by atoms with Crippen LogP contribution in [-0.4, -0.2) is 17.1 Å². The van der Waals surface area contributed by atoms with Crippen molar-refractivity contribution in [3.8, 4) is 6.07 Å². The molecule has 1 saturated heterocycles. The zero-order valence-electron chi connectivity index (χ0n) is 13.7. The number of furan rings is 1. The summed E-state index contributed by atoms with van der Waals surface area (Å²) in [6.07, 6.45) is 1.51. The molecule has 8 heteroatoms. The summed E-state index contributed by atoms with van der Waals surface area (Å²) < 4.78 is 6.04. The summed E-state index contributed by atoms with van der Waals surface area (Å²) in [5, 5.41) is 12.2. The van der Waals surface area contributed by atoms with Crippen LogP contribution in [0.1, 0.15) is 12.7 Å². The van der Waals surface area contributed by atoms with Crippen LogP contribution in [0.25, 0.3) is 0 Å². The molecule has 1 N–H and O–H groups in total. The van der Waals surface area contributed by atoms with Crippen molar-refractivity contribution in [2.75, 3.05) is 4.90 Å². The fraction of sp³-hybridized carbons (Fsp3) is 0.167. The summed E-state index contributed by atoms with van der Waals surface area (Å²) in [4.78, 5) is 26.5. The maximum Gasteiger partial charge on any atom is 0.265 e. The van der Waals surface area contributed by atoms with Crippen molar-refractivity contribution < 1.29 is 14.0 Å². The molecular formula is C18H14BrN3O3S. The Labute approximate surface area is 163 Å². The van der Waals surface area contributed by atoms with Crippen LogP contribution in [-0.2, 0) is 16.1 Å². The molecule has 1 unspecified atom stereocenters. The van der Waals surface area contributed by atoms with Crippen LogP contribution in [0, 0.1) is 11.3 Å². The van der Waals surface area contributed by atoms with Crippen LogP contribution < -0.4 is 10.2 Å². The molecule has 26 heavy (non-hydrogen) atoms. The average molecular weight is 432 g/mol. The average Bonchev–Trinajstić information content (AvgIpc) is 3.24. The lowest BCUT2D eigenvalue weighted by atomic mass is 10.2. The molecule has 1 aliphatic rings. The van der Waals surface area contributed by atoms with Gasteiger partial charge in [-0.15, -0.1) is 0 Å². The van der Waals surface area contributed by atoms with Crippen molar-refractivity contribution in [3.05, 3.63) is 63.5 Å². The maximum atomic E-state index is 12.6. The molecule has 1 aromatic heterocycles. The molecule has 3 rings (SSSR count). The van der Waals surface area contributed by atoms with E-state index in [1.54, 1.807) is 43.3 Å². The minimum atomic E-state index is -0.546. The van der Waals surface area contributed by atoms with E-state index in [1.807, 2.05) is 6.07 Å². The molecule has 1 atom stereocenters. The first-order chi connectivity index (χ1) is 12.5. The molecule has 2 heterocycles. The number of nitriles is 1. The smallest absolute Gasteiger partial charge is 0.265 e. The van der Waals surface area contributed by atoms with Crippen molar-refractivity contribution >= 4 is 45.2 Å². The maximum absolute atomic E-state index is 12.6. The monoisotopic (exact) mass is 431 g/mol. The van der Waals surface area contributed by atoms with Gasteiger partial charge in [-0.1, -0.05) is 27.7 Å². The van der Waals surface area contributed by atoms with E-state index < -0.39 is 5.91 Å². The van der Waals surface area contributed by atoms with Crippen LogP contribution in [0.3, 0.4) is 0 Å². The van der Waals surface area contributed by atoms with Gasteiger partial charge in [-0.05, 0) is 43.3 Å². The van der Waals surface area contributed by atoms with E-state index >= 15 is 0 Å². The molecule has 6 nitrogen and oxygen atoms in total. The number of nitrogens with zero attached hydrogens (tertiary/aromatic N) is 2. The van der Waals surface area contributed by atoms with Crippen LogP contribution in [0.4, 0.5) is 5.69 Å². The largest absolute Gasteiger partial charge is 0.467 e. The highest BCUT2D eigenvalue weighted by molar-refractivity contribution is 9.10. The van der Waals surface area contributed by atoms with Gasteiger partial charge in [0.1, 0.15) is 22.4 Å². The van der Waals surface area contributed by atoms with Gasteiger partial charge in [0.15, 0.2) is 0 Å². The number of hydrogen-bond donors (Lipinski definition) is 1. The minimum Gasteiger partial charge on any atom is -0.467 e. The van der Waals surface area contributed by atoms with E-state index in [1.165, 1.54) is 22.9 Å². The first kappa shape index (κ1) is 18.3.